The van der Waals surface area contributed by atoms with Crippen LogP contribution < -0.4 is 11.1 Å². The molecule has 0 unspecified atom stereocenters. The van der Waals surface area contributed by atoms with E-state index in [-0.39, 0.29) is 5.91 Å². The molecule has 3 nitrogen and oxygen atoms in total. The van der Waals surface area contributed by atoms with Gasteiger partial charge >= 0.3 is 0 Å². The van der Waals surface area contributed by atoms with Gasteiger partial charge in [0.15, 0.2) is 0 Å². The van der Waals surface area contributed by atoms with Crippen molar-refractivity contribution in [1.29, 1.82) is 0 Å². The van der Waals surface area contributed by atoms with E-state index in [0.29, 0.717) is 18.0 Å². The third kappa shape index (κ3) is 4.71. The number of aryl methyl sites for hydroxylation is 1. The number of carbonyl (C=O) groups is 1. The second-order valence-corrected chi connectivity index (χ2v) is 4.93. The molecular formula is C17H24N2O. The standard InChI is InChI=1S/C17H24N2O/c1-4-14(5-2)12-19-17(20)16-9-8-13(3)15(11-16)7-6-10-18/h8-9,11,14H,4-5,10,12,18H2,1-3H3,(H,19,20). The van der Waals surface area contributed by atoms with E-state index >= 15 is 0 Å². The SMILES string of the molecule is CCC(CC)CNC(=O)c1ccc(C)c(C#CCN)c1. The van der Waals surface area contributed by atoms with Crippen molar-refractivity contribution >= 4 is 5.91 Å². The van der Waals surface area contributed by atoms with Crippen molar-refractivity contribution in [2.24, 2.45) is 11.7 Å². The summed E-state index contributed by atoms with van der Waals surface area (Å²) in [6.45, 7) is 7.32. The van der Waals surface area contributed by atoms with Crippen LogP contribution in [0.3, 0.4) is 0 Å². The van der Waals surface area contributed by atoms with Gasteiger partial charge in [0.2, 0.25) is 0 Å². The highest BCUT2D eigenvalue weighted by Crippen LogP contribution is 2.11. The summed E-state index contributed by atoms with van der Waals surface area (Å²) in [7, 11) is 0. The molecule has 0 spiro atoms. The highest BCUT2D eigenvalue weighted by molar-refractivity contribution is 5.94. The molecule has 1 rings (SSSR count). The molecule has 1 aromatic rings. The van der Waals surface area contributed by atoms with Crippen LogP contribution in [-0.4, -0.2) is 19.0 Å². The lowest BCUT2D eigenvalue weighted by molar-refractivity contribution is 0.0946. The molecule has 0 saturated carbocycles. The zero-order valence-electron chi connectivity index (χ0n) is 12.6. The molecule has 1 aromatic carbocycles. The molecule has 0 radical (unpaired) electrons. The second kappa shape index (κ2) is 8.39. The highest BCUT2D eigenvalue weighted by Gasteiger charge is 2.09. The average molecular weight is 272 g/mol. The van der Waals surface area contributed by atoms with E-state index < -0.39 is 0 Å². The predicted molar refractivity (Wildman–Crippen MR) is 83.5 cm³/mol. The Labute approximate surface area is 121 Å². The van der Waals surface area contributed by atoms with Crippen LogP contribution in [0.15, 0.2) is 18.2 Å². The van der Waals surface area contributed by atoms with Crippen LogP contribution in [0.5, 0.6) is 0 Å². The number of hydrogen-bond donors (Lipinski definition) is 2. The van der Waals surface area contributed by atoms with Gasteiger partial charge in [-0.25, -0.2) is 0 Å². The van der Waals surface area contributed by atoms with Crippen LogP contribution in [0.25, 0.3) is 0 Å². The maximum Gasteiger partial charge on any atom is 0.251 e. The van der Waals surface area contributed by atoms with Crippen molar-refractivity contribution < 1.29 is 4.79 Å². The van der Waals surface area contributed by atoms with Crippen molar-refractivity contribution in [3.05, 3.63) is 34.9 Å². The molecule has 0 saturated heterocycles. The number of benzene rings is 1. The zero-order valence-corrected chi connectivity index (χ0v) is 12.6. The topological polar surface area (TPSA) is 55.1 Å². The Morgan fingerprint density at radius 2 is 2.05 bits per heavy atom. The van der Waals surface area contributed by atoms with Gasteiger partial charge in [-0.1, -0.05) is 44.6 Å². The van der Waals surface area contributed by atoms with Gasteiger partial charge in [0.25, 0.3) is 5.91 Å². The molecule has 108 valence electrons. The average Bonchev–Trinajstić information content (AvgIpc) is 2.47. The number of nitrogens with two attached hydrogens (primary N) is 1. The van der Waals surface area contributed by atoms with Crippen molar-refractivity contribution in [3.8, 4) is 11.8 Å². The lowest BCUT2D eigenvalue weighted by Crippen LogP contribution is -2.29. The van der Waals surface area contributed by atoms with Crippen molar-refractivity contribution in [2.75, 3.05) is 13.1 Å². The molecule has 1 amide bonds. The fourth-order valence-corrected chi connectivity index (χ4v) is 1.96. The normalized spacial score (nSPS) is 10.1. The number of amides is 1. The van der Waals surface area contributed by atoms with Gasteiger partial charge in [-0.3, -0.25) is 4.79 Å². The highest BCUT2D eigenvalue weighted by atomic mass is 16.1. The molecule has 0 aliphatic heterocycles. The Bertz CT molecular complexity index is 507. The first-order chi connectivity index (χ1) is 9.62. The van der Waals surface area contributed by atoms with E-state index in [1.807, 2.05) is 25.1 Å². The molecular weight excluding hydrogens is 248 g/mol. The Kier molecular flexibility index (Phi) is 6.83. The molecule has 0 aliphatic rings. The summed E-state index contributed by atoms with van der Waals surface area (Å²) in [6, 6.07) is 5.60. The van der Waals surface area contributed by atoms with Crippen LogP contribution in [0, 0.1) is 24.7 Å². The van der Waals surface area contributed by atoms with Crippen LogP contribution >= 0.6 is 0 Å². The smallest absolute Gasteiger partial charge is 0.251 e. The number of rotatable bonds is 5. The van der Waals surface area contributed by atoms with Crippen molar-refractivity contribution in [3.63, 3.8) is 0 Å². The van der Waals surface area contributed by atoms with Crippen molar-refractivity contribution in [2.45, 2.75) is 33.6 Å². The van der Waals surface area contributed by atoms with E-state index in [4.69, 9.17) is 5.73 Å². The first-order valence-electron chi connectivity index (χ1n) is 7.20. The number of carbonyl (C=O) groups excluding carboxylic acids is 1. The van der Waals surface area contributed by atoms with Gasteiger partial charge < -0.3 is 11.1 Å². The fraction of sp³-hybridized carbons (Fsp3) is 0.471. The minimum Gasteiger partial charge on any atom is -0.352 e. The van der Waals surface area contributed by atoms with E-state index in [9.17, 15) is 4.79 Å². The lowest BCUT2D eigenvalue weighted by atomic mass is 10.0. The van der Waals surface area contributed by atoms with Crippen LogP contribution in [0.2, 0.25) is 0 Å². The molecule has 0 bridgehead atoms. The van der Waals surface area contributed by atoms with Gasteiger partial charge in [-0.05, 0) is 30.5 Å². The lowest BCUT2D eigenvalue weighted by Gasteiger charge is -2.13. The molecule has 0 atom stereocenters. The summed E-state index contributed by atoms with van der Waals surface area (Å²) in [6.07, 6.45) is 2.16. The first kappa shape index (κ1) is 16.3. The summed E-state index contributed by atoms with van der Waals surface area (Å²) < 4.78 is 0. The summed E-state index contributed by atoms with van der Waals surface area (Å²) in [5.41, 5.74) is 7.96. The molecule has 0 heterocycles. The van der Waals surface area contributed by atoms with Crippen LogP contribution in [-0.2, 0) is 0 Å². The minimum atomic E-state index is -0.0345. The molecule has 0 aromatic heterocycles. The summed E-state index contributed by atoms with van der Waals surface area (Å²) in [5.74, 6) is 6.33. The summed E-state index contributed by atoms with van der Waals surface area (Å²) >= 11 is 0. The summed E-state index contributed by atoms with van der Waals surface area (Å²) in [5, 5.41) is 2.99. The Morgan fingerprint density at radius 1 is 1.35 bits per heavy atom. The number of nitrogens with one attached hydrogen (secondary N) is 1. The Balaban J connectivity index is 2.78. The first-order valence-corrected chi connectivity index (χ1v) is 7.20. The van der Waals surface area contributed by atoms with Gasteiger partial charge in [0.05, 0.1) is 6.54 Å². The predicted octanol–water partition coefficient (Wildman–Crippen LogP) is 2.47. The van der Waals surface area contributed by atoms with Crippen LogP contribution in [0.4, 0.5) is 0 Å². The van der Waals surface area contributed by atoms with Gasteiger partial charge in [0, 0.05) is 17.7 Å². The molecule has 20 heavy (non-hydrogen) atoms. The van der Waals surface area contributed by atoms with Crippen molar-refractivity contribution in [1.82, 2.24) is 5.32 Å². The minimum absolute atomic E-state index is 0.0345. The van der Waals surface area contributed by atoms with Crippen LogP contribution in [0.1, 0.15) is 48.2 Å². The molecule has 3 heteroatoms. The van der Waals surface area contributed by atoms with E-state index in [0.717, 1.165) is 30.5 Å². The molecule has 0 fully saturated rings. The molecule has 3 N–H and O–H groups in total. The van der Waals surface area contributed by atoms with Gasteiger partial charge in [-0.2, -0.15) is 0 Å². The monoisotopic (exact) mass is 272 g/mol. The second-order valence-electron chi connectivity index (χ2n) is 4.93. The third-order valence-electron chi connectivity index (χ3n) is 3.53. The van der Waals surface area contributed by atoms with E-state index in [1.165, 1.54) is 0 Å². The number of hydrogen-bond acceptors (Lipinski definition) is 2. The van der Waals surface area contributed by atoms with Gasteiger partial charge in [-0.15, -0.1) is 0 Å². The third-order valence-corrected chi connectivity index (χ3v) is 3.53. The maximum atomic E-state index is 12.1. The Hall–Kier alpha value is -1.79. The summed E-state index contributed by atoms with van der Waals surface area (Å²) in [4.78, 5) is 12.1. The van der Waals surface area contributed by atoms with E-state index in [1.54, 1.807) is 0 Å². The Morgan fingerprint density at radius 3 is 2.65 bits per heavy atom. The van der Waals surface area contributed by atoms with E-state index in [2.05, 4.69) is 31.0 Å². The maximum absolute atomic E-state index is 12.1. The molecule has 0 aliphatic carbocycles. The van der Waals surface area contributed by atoms with Gasteiger partial charge in [0.1, 0.15) is 0 Å². The quantitative estimate of drug-likeness (QED) is 0.809. The zero-order chi connectivity index (χ0) is 15.0. The fourth-order valence-electron chi connectivity index (χ4n) is 1.96. The largest absolute Gasteiger partial charge is 0.352 e.